The molecule has 5 aliphatic carbocycles. The van der Waals surface area contributed by atoms with Gasteiger partial charge in [0, 0.05) is 19.9 Å². The summed E-state index contributed by atoms with van der Waals surface area (Å²) in [6.45, 7) is 7.56. The lowest BCUT2D eigenvalue weighted by molar-refractivity contribution is -0.207. The van der Waals surface area contributed by atoms with Crippen molar-refractivity contribution in [2.24, 2.45) is 40.4 Å². The second-order valence-corrected chi connectivity index (χ2v) is 13.5. The van der Waals surface area contributed by atoms with Crippen molar-refractivity contribution in [1.29, 1.82) is 0 Å². The minimum absolute atomic E-state index is 0.0866. The Hall–Kier alpha value is -1.63. The third kappa shape index (κ3) is 4.61. The van der Waals surface area contributed by atoms with Crippen LogP contribution in [0.25, 0.3) is 0 Å². The summed E-state index contributed by atoms with van der Waals surface area (Å²) in [6.07, 6.45) is 11.6. The number of hydrogen-bond donors (Lipinski definition) is 2. The summed E-state index contributed by atoms with van der Waals surface area (Å²) in [4.78, 5) is 36.7. The molecule has 0 spiro atoms. The molecule has 0 bridgehead atoms. The van der Waals surface area contributed by atoms with Crippen molar-refractivity contribution in [2.45, 2.75) is 129 Å². The van der Waals surface area contributed by atoms with E-state index in [4.69, 9.17) is 9.47 Å². The van der Waals surface area contributed by atoms with Crippen LogP contribution >= 0.6 is 0 Å². The summed E-state index contributed by atoms with van der Waals surface area (Å²) in [6, 6.07) is 0.291. The van der Waals surface area contributed by atoms with Crippen LogP contribution in [0.5, 0.6) is 0 Å². The highest BCUT2D eigenvalue weighted by Gasteiger charge is 2.66. The third-order valence-corrected chi connectivity index (χ3v) is 11.8. The average molecular weight is 518 g/mol. The summed E-state index contributed by atoms with van der Waals surface area (Å²) >= 11 is 0. The van der Waals surface area contributed by atoms with Crippen LogP contribution < -0.4 is 5.32 Å². The summed E-state index contributed by atoms with van der Waals surface area (Å²) in [5.74, 6) is 0.201. The van der Waals surface area contributed by atoms with E-state index in [9.17, 15) is 19.5 Å². The van der Waals surface area contributed by atoms with Gasteiger partial charge < -0.3 is 19.9 Å². The van der Waals surface area contributed by atoms with Gasteiger partial charge >= 0.3 is 17.9 Å². The number of carbonyl (C=O) groups excluding carboxylic acids is 2. The third-order valence-electron chi connectivity index (χ3n) is 11.8. The first-order valence-electron chi connectivity index (χ1n) is 14.9. The van der Waals surface area contributed by atoms with Crippen LogP contribution in [0.4, 0.5) is 0 Å². The number of nitrogens with one attached hydrogen (secondary N) is 1. The van der Waals surface area contributed by atoms with Crippen molar-refractivity contribution in [3.05, 3.63) is 0 Å². The van der Waals surface area contributed by atoms with E-state index >= 15 is 0 Å². The van der Waals surface area contributed by atoms with Crippen LogP contribution in [0.3, 0.4) is 0 Å². The largest absolute Gasteiger partial charge is 0.481 e. The molecular weight excluding hydrogens is 470 g/mol. The first-order chi connectivity index (χ1) is 17.6. The Morgan fingerprint density at radius 2 is 1.54 bits per heavy atom. The van der Waals surface area contributed by atoms with Gasteiger partial charge in [-0.3, -0.25) is 14.4 Å². The zero-order chi connectivity index (χ0) is 26.5. The van der Waals surface area contributed by atoms with Gasteiger partial charge in [-0.15, -0.1) is 0 Å². The number of rotatable bonds is 5. The normalized spacial score (nSPS) is 45.7. The number of carboxylic acids is 1. The summed E-state index contributed by atoms with van der Waals surface area (Å²) in [7, 11) is 0. The molecule has 0 unspecified atom stereocenters. The molecule has 0 saturated heterocycles. The maximum Gasteiger partial charge on any atom is 0.307 e. The van der Waals surface area contributed by atoms with Gasteiger partial charge in [-0.1, -0.05) is 33.1 Å². The first kappa shape index (κ1) is 27.0. The smallest absolute Gasteiger partial charge is 0.307 e. The number of aliphatic carboxylic acids is 1. The summed E-state index contributed by atoms with van der Waals surface area (Å²) in [5.41, 5.74) is -0.244. The van der Waals surface area contributed by atoms with E-state index in [-0.39, 0.29) is 34.7 Å². The Kier molecular flexibility index (Phi) is 7.40. The number of hydrogen-bond acceptors (Lipinski definition) is 6. The molecular formula is C30H47NO6. The van der Waals surface area contributed by atoms with Crippen molar-refractivity contribution >= 4 is 17.9 Å². The molecule has 37 heavy (non-hydrogen) atoms. The van der Waals surface area contributed by atoms with Gasteiger partial charge in [0.25, 0.3) is 0 Å². The molecule has 5 fully saturated rings. The van der Waals surface area contributed by atoms with Crippen LogP contribution in [0.1, 0.15) is 105 Å². The monoisotopic (exact) mass is 517 g/mol. The highest BCUT2D eigenvalue weighted by atomic mass is 16.6. The Bertz CT molecular complexity index is 901. The second kappa shape index (κ2) is 10.2. The molecule has 0 amide bonds. The van der Waals surface area contributed by atoms with E-state index in [0.29, 0.717) is 29.7 Å². The number of ether oxygens (including phenoxy) is 2. The zero-order valence-electron chi connectivity index (χ0n) is 23.2. The standard InChI is InChI=1S/C30H47NO6/c1-17(32)36-25-16-19-10-11-21-22-12-13-24(28(34)35)29(22,3)15-14-23(21)30(19,4)27(26(25)37-18(2)33)31-20-8-6-5-7-9-20/h19-27,31H,5-16H2,1-4H3,(H,34,35)/t19-,21-,22-,23-,24+,25-,26+,27-,29-,30-/m0/s1. The van der Waals surface area contributed by atoms with Gasteiger partial charge in [0.05, 0.1) is 12.0 Å². The molecule has 2 N–H and O–H groups in total. The van der Waals surface area contributed by atoms with Gasteiger partial charge in [0.2, 0.25) is 0 Å². The number of carboxylic acid groups (broad SMARTS) is 1. The van der Waals surface area contributed by atoms with Crippen LogP contribution in [0.15, 0.2) is 0 Å². The van der Waals surface area contributed by atoms with Crippen molar-refractivity contribution in [1.82, 2.24) is 5.32 Å². The van der Waals surface area contributed by atoms with E-state index in [1.54, 1.807) is 0 Å². The highest BCUT2D eigenvalue weighted by molar-refractivity contribution is 5.71. The minimum atomic E-state index is -0.628. The Labute approximate surface area is 221 Å². The van der Waals surface area contributed by atoms with Gasteiger partial charge in [-0.25, -0.2) is 0 Å². The predicted molar refractivity (Wildman–Crippen MR) is 139 cm³/mol. The number of esters is 2. The average Bonchev–Trinajstić information content (AvgIpc) is 3.19. The first-order valence-corrected chi connectivity index (χ1v) is 14.9. The zero-order valence-corrected chi connectivity index (χ0v) is 23.2. The van der Waals surface area contributed by atoms with Crippen LogP contribution in [0.2, 0.25) is 0 Å². The van der Waals surface area contributed by atoms with E-state index in [2.05, 4.69) is 19.2 Å². The fraction of sp³-hybridized carbons (Fsp3) is 0.900. The van der Waals surface area contributed by atoms with Crippen molar-refractivity contribution in [3.8, 4) is 0 Å². The molecule has 0 heterocycles. The molecule has 208 valence electrons. The van der Waals surface area contributed by atoms with E-state index < -0.39 is 18.2 Å². The van der Waals surface area contributed by atoms with Crippen molar-refractivity contribution in [2.75, 3.05) is 0 Å². The lowest BCUT2D eigenvalue weighted by atomic mass is 9.43. The topological polar surface area (TPSA) is 102 Å². The van der Waals surface area contributed by atoms with Gasteiger partial charge in [0.15, 0.2) is 6.10 Å². The minimum Gasteiger partial charge on any atom is -0.481 e. The molecule has 0 aromatic rings. The second-order valence-electron chi connectivity index (χ2n) is 13.5. The van der Waals surface area contributed by atoms with E-state index in [1.807, 2.05) is 0 Å². The fourth-order valence-electron chi connectivity index (χ4n) is 10.2. The molecule has 7 heteroatoms. The van der Waals surface area contributed by atoms with Gasteiger partial charge in [0.1, 0.15) is 6.10 Å². The maximum atomic E-state index is 12.4. The molecule has 0 aromatic carbocycles. The van der Waals surface area contributed by atoms with Crippen molar-refractivity contribution in [3.63, 3.8) is 0 Å². The Morgan fingerprint density at radius 1 is 0.838 bits per heavy atom. The molecule has 5 saturated carbocycles. The van der Waals surface area contributed by atoms with Crippen LogP contribution in [-0.2, 0) is 23.9 Å². The lowest BCUT2D eigenvalue weighted by Gasteiger charge is -2.64. The molecule has 5 rings (SSSR count). The molecule has 7 nitrogen and oxygen atoms in total. The quantitative estimate of drug-likeness (QED) is 0.489. The van der Waals surface area contributed by atoms with Gasteiger partial charge in [-0.05, 0) is 92.3 Å². The summed E-state index contributed by atoms with van der Waals surface area (Å²) < 4.78 is 11.9. The predicted octanol–water partition coefficient (Wildman–Crippen LogP) is 5.10. The van der Waals surface area contributed by atoms with Crippen molar-refractivity contribution < 1.29 is 29.0 Å². The molecule has 5 aliphatic rings. The molecule has 0 aromatic heterocycles. The van der Waals surface area contributed by atoms with E-state index in [0.717, 1.165) is 57.8 Å². The molecule has 0 aliphatic heterocycles. The Morgan fingerprint density at radius 3 is 2.19 bits per heavy atom. The maximum absolute atomic E-state index is 12.4. The number of fused-ring (bicyclic) bond motifs is 5. The Balaban J connectivity index is 1.51. The van der Waals surface area contributed by atoms with Crippen LogP contribution in [-0.4, -0.2) is 47.3 Å². The lowest BCUT2D eigenvalue weighted by Crippen LogP contribution is -2.70. The fourth-order valence-corrected chi connectivity index (χ4v) is 10.2. The number of carbonyl (C=O) groups is 3. The molecule has 10 atom stereocenters. The van der Waals surface area contributed by atoms with Gasteiger partial charge in [-0.2, -0.15) is 0 Å². The SMILES string of the molecule is CC(=O)O[C@@H]1[C@@H](OC(C)=O)C[C@@H]2CC[C@H]3[C@@H]4CC[C@H](C(=O)O)[C@@]4(C)CC[C@@H]3[C@@]2(C)[C@H]1NC1CCCCC1. The highest BCUT2D eigenvalue weighted by Crippen LogP contribution is 2.67. The van der Waals surface area contributed by atoms with E-state index in [1.165, 1.54) is 33.1 Å². The molecule has 0 radical (unpaired) electrons. The summed E-state index contributed by atoms with van der Waals surface area (Å²) in [5, 5.41) is 14.0. The van der Waals surface area contributed by atoms with Crippen LogP contribution in [0, 0.1) is 40.4 Å².